The largest absolute Gasteiger partial charge is 0.315 e. The summed E-state index contributed by atoms with van der Waals surface area (Å²) in [6.07, 6.45) is 4.05. The van der Waals surface area contributed by atoms with E-state index < -0.39 is 15.4 Å². The minimum absolute atomic E-state index is 0.00259. The molecular weight excluding hydrogens is 378 g/mol. The Kier molecular flexibility index (Phi) is 5.05. The van der Waals surface area contributed by atoms with Crippen molar-refractivity contribution >= 4 is 21.8 Å². The zero-order chi connectivity index (χ0) is 19.9. The first-order chi connectivity index (χ1) is 13.3. The number of piperazine rings is 1. The van der Waals surface area contributed by atoms with Crippen LogP contribution in [0.15, 0.2) is 29.2 Å². The molecule has 1 spiro atoms. The number of amides is 2. The summed E-state index contributed by atoms with van der Waals surface area (Å²) < 4.78 is 27.2. The molecule has 2 amide bonds. The van der Waals surface area contributed by atoms with E-state index in [4.69, 9.17) is 0 Å². The summed E-state index contributed by atoms with van der Waals surface area (Å²) in [6.45, 7) is 4.26. The van der Waals surface area contributed by atoms with Crippen molar-refractivity contribution in [3.63, 3.8) is 0 Å². The molecule has 0 radical (unpaired) electrons. The molecule has 152 valence electrons. The number of nitrogens with zero attached hydrogens (tertiary/aromatic N) is 2. The van der Waals surface area contributed by atoms with Gasteiger partial charge in [0.15, 0.2) is 6.67 Å². The lowest BCUT2D eigenvalue weighted by atomic mass is 9.85. The van der Waals surface area contributed by atoms with Crippen LogP contribution in [0.25, 0.3) is 0 Å². The molecule has 3 aliphatic rings. The summed E-state index contributed by atoms with van der Waals surface area (Å²) in [4.78, 5) is 28.1. The molecular formula is C20H28N3O4S+. The number of rotatable bonds is 4. The molecule has 0 aromatic heterocycles. The van der Waals surface area contributed by atoms with Crippen molar-refractivity contribution in [1.29, 1.82) is 0 Å². The summed E-state index contributed by atoms with van der Waals surface area (Å²) in [5.74, 6) is -0.0636. The summed E-state index contributed by atoms with van der Waals surface area (Å²) in [5.41, 5.74) is 0.584. The lowest BCUT2D eigenvalue weighted by Gasteiger charge is -2.33. The van der Waals surface area contributed by atoms with Crippen LogP contribution in [0.4, 0.5) is 0 Å². The molecule has 1 saturated carbocycles. The third-order valence-electron chi connectivity index (χ3n) is 6.52. The fraction of sp³-hybridized carbons (Fsp3) is 0.600. The summed E-state index contributed by atoms with van der Waals surface area (Å²) in [6, 6.07) is 6.90. The zero-order valence-corrected chi connectivity index (χ0v) is 17.1. The molecule has 28 heavy (non-hydrogen) atoms. The predicted molar refractivity (Wildman–Crippen MR) is 103 cm³/mol. The number of likely N-dealkylation sites (tertiary alicyclic amines) is 1. The minimum Gasteiger partial charge on any atom is -0.315 e. The molecule has 8 heteroatoms. The number of hydrogen-bond donors (Lipinski definition) is 1. The molecule has 0 unspecified atom stereocenters. The van der Waals surface area contributed by atoms with Gasteiger partial charge in [-0.1, -0.05) is 30.5 Å². The first-order valence-electron chi connectivity index (χ1n) is 10.1. The Labute approximate surface area is 166 Å². The van der Waals surface area contributed by atoms with E-state index in [-0.39, 0.29) is 11.8 Å². The Morgan fingerprint density at radius 1 is 1.04 bits per heavy atom. The van der Waals surface area contributed by atoms with Crippen molar-refractivity contribution in [3.8, 4) is 0 Å². The molecule has 2 saturated heterocycles. The number of sulfonamides is 1. The van der Waals surface area contributed by atoms with Crippen molar-refractivity contribution in [3.05, 3.63) is 29.8 Å². The molecule has 7 nitrogen and oxygen atoms in total. The Morgan fingerprint density at radius 3 is 2.25 bits per heavy atom. The van der Waals surface area contributed by atoms with Crippen LogP contribution in [0.3, 0.4) is 0 Å². The van der Waals surface area contributed by atoms with Gasteiger partial charge in [0.2, 0.25) is 21.8 Å². The van der Waals surface area contributed by atoms with Gasteiger partial charge in [-0.25, -0.2) is 13.3 Å². The van der Waals surface area contributed by atoms with E-state index in [2.05, 4.69) is 0 Å². The van der Waals surface area contributed by atoms with Gasteiger partial charge in [-0.2, -0.15) is 4.31 Å². The first-order valence-corrected chi connectivity index (χ1v) is 11.5. The van der Waals surface area contributed by atoms with Gasteiger partial charge in [-0.15, -0.1) is 0 Å². The number of aryl methyl sites for hydroxylation is 1. The molecule has 0 atom stereocenters. The number of carbonyl (C=O) groups excluding carboxylic acids is 2. The van der Waals surface area contributed by atoms with Crippen LogP contribution in [0.2, 0.25) is 0 Å². The van der Waals surface area contributed by atoms with Crippen molar-refractivity contribution in [2.24, 2.45) is 5.41 Å². The Hall–Kier alpha value is -1.77. The zero-order valence-electron chi connectivity index (χ0n) is 16.3. The van der Waals surface area contributed by atoms with E-state index in [1.54, 1.807) is 24.3 Å². The maximum Gasteiger partial charge on any atom is 0.243 e. The van der Waals surface area contributed by atoms with Crippen molar-refractivity contribution in [1.82, 2.24) is 9.21 Å². The second kappa shape index (κ2) is 7.24. The Bertz CT molecular complexity index is 867. The molecule has 4 rings (SSSR count). The molecule has 1 aromatic carbocycles. The van der Waals surface area contributed by atoms with Crippen LogP contribution in [-0.4, -0.2) is 62.3 Å². The highest BCUT2D eigenvalue weighted by Crippen LogP contribution is 2.46. The second-order valence-electron chi connectivity index (χ2n) is 8.42. The minimum atomic E-state index is -3.50. The average Bonchev–Trinajstić information content (AvgIpc) is 3.23. The van der Waals surface area contributed by atoms with Gasteiger partial charge in [0.05, 0.1) is 36.5 Å². The SMILES string of the molecule is Cc1ccc(S(=O)(=O)N2CC[NH+](CN3C(=O)CC4(CCCC4)C3=O)CC2)cc1. The lowest BCUT2D eigenvalue weighted by Crippen LogP contribution is -3.16. The van der Waals surface area contributed by atoms with E-state index in [9.17, 15) is 18.0 Å². The highest BCUT2D eigenvalue weighted by atomic mass is 32.2. The van der Waals surface area contributed by atoms with Gasteiger partial charge in [0.1, 0.15) is 0 Å². The van der Waals surface area contributed by atoms with Gasteiger partial charge < -0.3 is 4.90 Å². The van der Waals surface area contributed by atoms with E-state index in [0.717, 1.165) is 36.1 Å². The van der Waals surface area contributed by atoms with Crippen LogP contribution < -0.4 is 4.90 Å². The van der Waals surface area contributed by atoms with Gasteiger partial charge in [-0.3, -0.25) is 9.59 Å². The summed E-state index contributed by atoms with van der Waals surface area (Å²) in [5, 5.41) is 0. The average molecular weight is 407 g/mol. The normalized spacial score (nSPS) is 23.8. The lowest BCUT2D eigenvalue weighted by molar-refractivity contribution is -0.910. The highest BCUT2D eigenvalue weighted by molar-refractivity contribution is 7.89. The number of benzene rings is 1. The molecule has 1 aliphatic carbocycles. The standard InChI is InChI=1S/C20H27N3O4S/c1-16-4-6-17(7-5-16)28(26,27)22-12-10-21(11-13-22)15-23-18(24)14-20(19(23)25)8-2-3-9-20/h4-7H,2-3,8-15H2,1H3/p+1. The summed E-state index contributed by atoms with van der Waals surface area (Å²) >= 11 is 0. The van der Waals surface area contributed by atoms with E-state index in [1.807, 2.05) is 6.92 Å². The van der Waals surface area contributed by atoms with Gasteiger partial charge in [0.25, 0.3) is 0 Å². The third-order valence-corrected chi connectivity index (χ3v) is 8.43. The van der Waals surface area contributed by atoms with Crippen LogP contribution in [0.1, 0.15) is 37.7 Å². The topological polar surface area (TPSA) is 79.2 Å². The van der Waals surface area contributed by atoms with E-state index in [0.29, 0.717) is 44.2 Å². The quantitative estimate of drug-likeness (QED) is 0.723. The number of nitrogens with one attached hydrogen (secondary N) is 1. The summed E-state index contributed by atoms with van der Waals surface area (Å²) in [7, 11) is -3.50. The van der Waals surface area contributed by atoms with E-state index >= 15 is 0 Å². The Balaban J connectivity index is 1.37. The van der Waals surface area contributed by atoms with Crippen molar-refractivity contribution < 1.29 is 22.9 Å². The monoisotopic (exact) mass is 406 g/mol. The van der Waals surface area contributed by atoms with Crippen molar-refractivity contribution in [2.75, 3.05) is 32.8 Å². The van der Waals surface area contributed by atoms with Crippen LogP contribution in [0, 0.1) is 12.3 Å². The highest BCUT2D eigenvalue weighted by Gasteiger charge is 2.53. The number of imide groups is 1. The molecule has 2 heterocycles. The maximum atomic E-state index is 12.8. The molecule has 2 aliphatic heterocycles. The smallest absolute Gasteiger partial charge is 0.243 e. The number of carbonyl (C=O) groups is 2. The van der Waals surface area contributed by atoms with Gasteiger partial charge in [-0.05, 0) is 31.9 Å². The first kappa shape index (κ1) is 19.5. The van der Waals surface area contributed by atoms with Crippen LogP contribution in [-0.2, 0) is 19.6 Å². The van der Waals surface area contributed by atoms with Crippen molar-refractivity contribution in [2.45, 2.75) is 43.9 Å². The molecule has 3 fully saturated rings. The molecule has 1 aromatic rings. The van der Waals surface area contributed by atoms with Gasteiger partial charge in [0, 0.05) is 6.42 Å². The molecule has 1 N–H and O–H groups in total. The number of quaternary nitrogens is 1. The van der Waals surface area contributed by atoms with Crippen LogP contribution >= 0.6 is 0 Å². The van der Waals surface area contributed by atoms with E-state index in [1.165, 1.54) is 9.21 Å². The van der Waals surface area contributed by atoms with Crippen LogP contribution in [0.5, 0.6) is 0 Å². The third kappa shape index (κ3) is 3.38. The maximum absolute atomic E-state index is 12.8. The molecule has 0 bridgehead atoms. The Morgan fingerprint density at radius 2 is 1.64 bits per heavy atom. The van der Waals surface area contributed by atoms with Gasteiger partial charge >= 0.3 is 0 Å². The number of hydrogen-bond acceptors (Lipinski definition) is 4. The fourth-order valence-corrected chi connectivity index (χ4v) is 6.19. The fourth-order valence-electron chi connectivity index (χ4n) is 4.75. The second-order valence-corrected chi connectivity index (χ2v) is 10.4. The predicted octanol–water partition coefficient (Wildman–Crippen LogP) is 0.161.